The highest BCUT2D eigenvalue weighted by molar-refractivity contribution is 5.78. The number of amides is 1. The molecule has 0 radical (unpaired) electrons. The minimum atomic E-state index is -0.0182. The van der Waals surface area contributed by atoms with E-state index in [1.807, 2.05) is 24.3 Å². The van der Waals surface area contributed by atoms with Gasteiger partial charge in [-0.1, -0.05) is 12.1 Å². The lowest BCUT2D eigenvalue weighted by Gasteiger charge is -2.06. The van der Waals surface area contributed by atoms with Gasteiger partial charge in [-0.05, 0) is 17.7 Å². The molecule has 0 aliphatic rings. The lowest BCUT2D eigenvalue weighted by atomic mass is 10.1. The summed E-state index contributed by atoms with van der Waals surface area (Å²) in [6, 6.07) is 7.45. The van der Waals surface area contributed by atoms with Crippen molar-refractivity contribution in [3.63, 3.8) is 0 Å². The Balaban J connectivity index is 1.74. The average Bonchev–Trinajstić information content (AvgIpc) is 2.85. The van der Waals surface area contributed by atoms with Gasteiger partial charge in [0.15, 0.2) is 0 Å². The van der Waals surface area contributed by atoms with Gasteiger partial charge in [-0.15, -0.1) is 0 Å². The highest BCUT2D eigenvalue weighted by Crippen LogP contribution is 2.11. The second-order valence-electron chi connectivity index (χ2n) is 4.41. The SMILES string of the molecule is COc1ccc(CC(=O)NCCn2cc(N)cn2)cc1. The van der Waals surface area contributed by atoms with E-state index in [0.717, 1.165) is 11.3 Å². The molecule has 1 heterocycles. The van der Waals surface area contributed by atoms with Gasteiger partial charge < -0.3 is 15.8 Å². The van der Waals surface area contributed by atoms with Crippen LogP contribution in [-0.4, -0.2) is 29.3 Å². The number of hydrogen-bond acceptors (Lipinski definition) is 4. The van der Waals surface area contributed by atoms with Crippen LogP contribution in [0.4, 0.5) is 5.69 Å². The molecular formula is C14H18N4O2. The van der Waals surface area contributed by atoms with Gasteiger partial charge in [0.25, 0.3) is 0 Å². The number of carbonyl (C=O) groups excluding carboxylic acids is 1. The molecule has 0 spiro atoms. The van der Waals surface area contributed by atoms with Crippen LogP contribution in [0.1, 0.15) is 5.56 Å². The minimum absolute atomic E-state index is 0.0182. The topological polar surface area (TPSA) is 82.2 Å². The van der Waals surface area contributed by atoms with Gasteiger partial charge in [0.05, 0.1) is 32.0 Å². The fourth-order valence-electron chi connectivity index (χ4n) is 1.80. The summed E-state index contributed by atoms with van der Waals surface area (Å²) >= 11 is 0. The van der Waals surface area contributed by atoms with Gasteiger partial charge in [0.2, 0.25) is 5.91 Å². The van der Waals surface area contributed by atoms with E-state index in [1.54, 1.807) is 24.2 Å². The largest absolute Gasteiger partial charge is 0.497 e. The number of nitrogens with zero attached hydrogens (tertiary/aromatic N) is 2. The fraction of sp³-hybridized carbons (Fsp3) is 0.286. The molecule has 6 nitrogen and oxygen atoms in total. The van der Waals surface area contributed by atoms with Crippen molar-refractivity contribution >= 4 is 11.6 Å². The Morgan fingerprint density at radius 3 is 2.75 bits per heavy atom. The van der Waals surface area contributed by atoms with Crippen LogP contribution in [-0.2, 0) is 17.8 Å². The van der Waals surface area contributed by atoms with Crippen molar-refractivity contribution in [2.45, 2.75) is 13.0 Å². The van der Waals surface area contributed by atoms with Gasteiger partial charge in [-0.2, -0.15) is 5.10 Å². The molecule has 6 heteroatoms. The zero-order valence-corrected chi connectivity index (χ0v) is 11.4. The van der Waals surface area contributed by atoms with E-state index in [-0.39, 0.29) is 5.91 Å². The molecular weight excluding hydrogens is 256 g/mol. The smallest absolute Gasteiger partial charge is 0.224 e. The predicted molar refractivity (Wildman–Crippen MR) is 76.3 cm³/mol. The summed E-state index contributed by atoms with van der Waals surface area (Å²) in [4.78, 5) is 11.8. The van der Waals surface area contributed by atoms with Gasteiger partial charge in [0, 0.05) is 12.7 Å². The van der Waals surface area contributed by atoms with Crippen LogP contribution in [0.15, 0.2) is 36.7 Å². The number of nitrogens with one attached hydrogen (secondary N) is 1. The lowest BCUT2D eigenvalue weighted by Crippen LogP contribution is -2.28. The summed E-state index contributed by atoms with van der Waals surface area (Å²) in [6.45, 7) is 1.13. The van der Waals surface area contributed by atoms with Crippen LogP contribution in [0.3, 0.4) is 0 Å². The second-order valence-corrected chi connectivity index (χ2v) is 4.41. The van der Waals surface area contributed by atoms with E-state index in [2.05, 4.69) is 10.4 Å². The van der Waals surface area contributed by atoms with Crippen molar-refractivity contribution in [1.82, 2.24) is 15.1 Å². The van der Waals surface area contributed by atoms with Gasteiger partial charge in [-0.3, -0.25) is 9.48 Å². The van der Waals surface area contributed by atoms with Crippen molar-refractivity contribution in [3.05, 3.63) is 42.2 Å². The highest BCUT2D eigenvalue weighted by atomic mass is 16.5. The molecule has 0 unspecified atom stereocenters. The van der Waals surface area contributed by atoms with Gasteiger partial charge in [0.1, 0.15) is 5.75 Å². The van der Waals surface area contributed by atoms with Crippen molar-refractivity contribution in [2.24, 2.45) is 0 Å². The summed E-state index contributed by atoms with van der Waals surface area (Å²) in [7, 11) is 1.61. The Morgan fingerprint density at radius 1 is 1.40 bits per heavy atom. The molecule has 2 rings (SSSR count). The second kappa shape index (κ2) is 6.60. The van der Waals surface area contributed by atoms with Crippen molar-refractivity contribution in [3.8, 4) is 5.75 Å². The first-order valence-electron chi connectivity index (χ1n) is 6.35. The first kappa shape index (κ1) is 13.9. The van der Waals surface area contributed by atoms with E-state index >= 15 is 0 Å². The fourth-order valence-corrected chi connectivity index (χ4v) is 1.80. The normalized spacial score (nSPS) is 10.2. The maximum absolute atomic E-state index is 11.8. The lowest BCUT2D eigenvalue weighted by molar-refractivity contribution is -0.120. The number of carbonyl (C=O) groups is 1. The Hall–Kier alpha value is -2.50. The average molecular weight is 274 g/mol. The molecule has 3 N–H and O–H groups in total. The van der Waals surface area contributed by atoms with Crippen molar-refractivity contribution in [1.29, 1.82) is 0 Å². The Kier molecular flexibility index (Phi) is 4.60. The molecule has 1 aromatic heterocycles. The maximum Gasteiger partial charge on any atom is 0.224 e. The summed E-state index contributed by atoms with van der Waals surface area (Å²) in [6.07, 6.45) is 3.67. The monoisotopic (exact) mass is 274 g/mol. The number of aromatic nitrogens is 2. The van der Waals surface area contributed by atoms with E-state index in [4.69, 9.17) is 10.5 Å². The summed E-state index contributed by atoms with van der Waals surface area (Å²) < 4.78 is 6.77. The van der Waals surface area contributed by atoms with Crippen molar-refractivity contribution < 1.29 is 9.53 Å². The zero-order chi connectivity index (χ0) is 14.4. The molecule has 1 amide bonds. The number of hydrogen-bond donors (Lipinski definition) is 2. The van der Waals surface area contributed by atoms with Crippen LogP contribution in [0.2, 0.25) is 0 Å². The first-order chi connectivity index (χ1) is 9.67. The number of nitrogen functional groups attached to an aromatic ring is 1. The third-order valence-corrected chi connectivity index (χ3v) is 2.84. The van der Waals surface area contributed by atoms with Crippen molar-refractivity contribution in [2.75, 3.05) is 19.4 Å². The quantitative estimate of drug-likeness (QED) is 0.817. The first-order valence-corrected chi connectivity index (χ1v) is 6.35. The third-order valence-electron chi connectivity index (χ3n) is 2.84. The minimum Gasteiger partial charge on any atom is -0.497 e. The van der Waals surface area contributed by atoms with E-state index < -0.39 is 0 Å². The van der Waals surface area contributed by atoms with E-state index in [9.17, 15) is 4.79 Å². The number of rotatable bonds is 6. The maximum atomic E-state index is 11.8. The van der Waals surface area contributed by atoms with Gasteiger partial charge >= 0.3 is 0 Å². The van der Waals surface area contributed by atoms with Crippen LogP contribution < -0.4 is 15.8 Å². The molecule has 0 aliphatic carbocycles. The Bertz CT molecular complexity index is 563. The highest BCUT2D eigenvalue weighted by Gasteiger charge is 2.03. The van der Waals surface area contributed by atoms with Crippen LogP contribution in [0, 0.1) is 0 Å². The van der Waals surface area contributed by atoms with Crippen LogP contribution >= 0.6 is 0 Å². The molecule has 0 bridgehead atoms. The molecule has 0 atom stereocenters. The molecule has 0 saturated heterocycles. The molecule has 20 heavy (non-hydrogen) atoms. The number of benzene rings is 1. The third kappa shape index (κ3) is 4.01. The summed E-state index contributed by atoms with van der Waals surface area (Å²) in [5, 5.41) is 6.89. The number of methoxy groups -OCH3 is 1. The Labute approximate surface area is 117 Å². The van der Waals surface area contributed by atoms with Gasteiger partial charge in [-0.25, -0.2) is 0 Å². The summed E-state index contributed by atoms with van der Waals surface area (Å²) in [5.74, 6) is 0.765. The molecule has 0 aliphatic heterocycles. The Morgan fingerprint density at radius 2 is 2.15 bits per heavy atom. The van der Waals surface area contributed by atoms with Crippen LogP contribution in [0.25, 0.3) is 0 Å². The summed E-state index contributed by atoms with van der Waals surface area (Å²) in [5.41, 5.74) is 7.13. The molecule has 0 saturated carbocycles. The molecule has 1 aromatic carbocycles. The number of nitrogens with two attached hydrogens (primary N) is 1. The molecule has 0 fully saturated rings. The standard InChI is InChI=1S/C14H18N4O2/c1-20-13-4-2-11(3-5-13)8-14(19)16-6-7-18-10-12(15)9-17-18/h2-5,9-10H,6-8,15H2,1H3,(H,16,19). The number of ether oxygens (including phenoxy) is 1. The van der Waals surface area contributed by atoms with E-state index in [0.29, 0.717) is 25.2 Å². The predicted octanol–water partition coefficient (Wildman–Crippen LogP) is 0.833. The van der Waals surface area contributed by atoms with E-state index in [1.165, 1.54) is 0 Å². The molecule has 2 aromatic rings. The zero-order valence-electron chi connectivity index (χ0n) is 11.4. The molecule has 106 valence electrons. The van der Waals surface area contributed by atoms with Crippen LogP contribution in [0.5, 0.6) is 5.75 Å². The number of anilines is 1.